The fourth-order valence-electron chi connectivity index (χ4n) is 0.659. The third-order valence-electron chi connectivity index (χ3n) is 1.28. The van der Waals surface area contributed by atoms with Gasteiger partial charge in [0.2, 0.25) is 0 Å². The largest absolute Gasteiger partial charge is 0.463 e. The second kappa shape index (κ2) is 6.71. The molecule has 0 atom stereocenters. The highest BCUT2D eigenvalue weighted by atomic mass is 32.2. The SMILES string of the molecule is CCOC(=O)COC(=O)CSC(C)(C)C. The van der Waals surface area contributed by atoms with E-state index in [1.165, 1.54) is 11.8 Å². The van der Waals surface area contributed by atoms with Crippen molar-refractivity contribution < 1.29 is 19.1 Å². The summed E-state index contributed by atoms with van der Waals surface area (Å²) < 4.78 is 9.35. The summed E-state index contributed by atoms with van der Waals surface area (Å²) in [7, 11) is 0. The fourth-order valence-corrected chi connectivity index (χ4v) is 1.29. The Kier molecular flexibility index (Phi) is 6.40. The topological polar surface area (TPSA) is 52.6 Å². The molecule has 0 N–H and O–H groups in total. The van der Waals surface area contributed by atoms with E-state index in [-0.39, 0.29) is 23.1 Å². The Hall–Kier alpha value is -0.710. The van der Waals surface area contributed by atoms with Crippen molar-refractivity contribution in [1.29, 1.82) is 0 Å². The molecule has 0 radical (unpaired) electrons. The minimum absolute atomic E-state index is 0.0168. The number of thioether (sulfide) groups is 1. The minimum atomic E-state index is -0.508. The molecule has 4 nitrogen and oxygen atoms in total. The van der Waals surface area contributed by atoms with E-state index < -0.39 is 5.97 Å². The van der Waals surface area contributed by atoms with E-state index in [1.807, 2.05) is 20.8 Å². The molecule has 0 aliphatic rings. The van der Waals surface area contributed by atoms with Gasteiger partial charge < -0.3 is 9.47 Å². The maximum Gasteiger partial charge on any atom is 0.344 e. The molecular weight excluding hydrogens is 216 g/mol. The van der Waals surface area contributed by atoms with Crippen LogP contribution in [0.4, 0.5) is 0 Å². The van der Waals surface area contributed by atoms with E-state index in [0.29, 0.717) is 6.61 Å². The first-order valence-corrected chi connectivity index (χ1v) is 5.79. The molecule has 0 heterocycles. The molecule has 0 aromatic rings. The first-order valence-electron chi connectivity index (χ1n) is 4.80. The van der Waals surface area contributed by atoms with Crippen LogP contribution in [0.15, 0.2) is 0 Å². The number of ether oxygens (including phenoxy) is 2. The highest BCUT2D eigenvalue weighted by Crippen LogP contribution is 2.22. The summed E-state index contributed by atoms with van der Waals surface area (Å²) in [6.07, 6.45) is 0. The fraction of sp³-hybridized carbons (Fsp3) is 0.800. The van der Waals surface area contributed by atoms with Crippen LogP contribution < -0.4 is 0 Å². The van der Waals surface area contributed by atoms with Crippen molar-refractivity contribution in [3.63, 3.8) is 0 Å². The van der Waals surface area contributed by atoms with Gasteiger partial charge in [0.25, 0.3) is 0 Å². The summed E-state index contributed by atoms with van der Waals surface area (Å²) in [5, 5.41) is 0. The molecule has 0 spiro atoms. The van der Waals surface area contributed by atoms with Crippen LogP contribution in [0, 0.1) is 0 Å². The molecule has 0 saturated carbocycles. The maximum absolute atomic E-state index is 11.1. The van der Waals surface area contributed by atoms with Gasteiger partial charge in [-0.25, -0.2) is 4.79 Å². The Morgan fingerprint density at radius 1 is 1.13 bits per heavy atom. The zero-order valence-corrected chi connectivity index (χ0v) is 10.5. The van der Waals surface area contributed by atoms with Gasteiger partial charge in [-0.2, -0.15) is 0 Å². The Morgan fingerprint density at radius 2 is 1.73 bits per heavy atom. The molecule has 0 amide bonds. The summed E-state index contributed by atoms with van der Waals surface area (Å²) in [4.78, 5) is 22.0. The molecular formula is C10H18O4S. The molecule has 0 saturated heterocycles. The zero-order valence-electron chi connectivity index (χ0n) is 9.66. The lowest BCUT2D eigenvalue weighted by Gasteiger charge is -2.16. The monoisotopic (exact) mass is 234 g/mol. The lowest BCUT2D eigenvalue weighted by molar-refractivity contribution is -0.156. The summed E-state index contributed by atoms with van der Waals surface area (Å²) >= 11 is 1.48. The molecule has 88 valence electrons. The van der Waals surface area contributed by atoms with Crippen molar-refractivity contribution in [3.05, 3.63) is 0 Å². The van der Waals surface area contributed by atoms with Crippen molar-refractivity contribution in [2.45, 2.75) is 32.4 Å². The van der Waals surface area contributed by atoms with E-state index in [1.54, 1.807) is 6.92 Å². The van der Waals surface area contributed by atoms with Crippen LogP contribution in [-0.2, 0) is 19.1 Å². The molecule has 0 rings (SSSR count). The average molecular weight is 234 g/mol. The van der Waals surface area contributed by atoms with Crippen LogP contribution >= 0.6 is 11.8 Å². The van der Waals surface area contributed by atoms with Crippen LogP contribution in [0.3, 0.4) is 0 Å². The quantitative estimate of drug-likeness (QED) is 0.677. The summed E-state index contributed by atoms with van der Waals surface area (Å²) in [5.41, 5.74) is 0. The first kappa shape index (κ1) is 14.3. The summed E-state index contributed by atoms with van der Waals surface area (Å²) in [6, 6.07) is 0. The molecule has 0 aliphatic carbocycles. The van der Waals surface area contributed by atoms with Crippen LogP contribution in [0.5, 0.6) is 0 Å². The van der Waals surface area contributed by atoms with Gasteiger partial charge in [0.05, 0.1) is 12.4 Å². The van der Waals surface area contributed by atoms with Crippen LogP contribution in [-0.4, -0.2) is 35.7 Å². The first-order chi connectivity index (χ1) is 6.85. The van der Waals surface area contributed by atoms with Gasteiger partial charge in [-0.3, -0.25) is 4.79 Å². The second-order valence-electron chi connectivity index (χ2n) is 3.87. The third kappa shape index (κ3) is 9.59. The predicted octanol–water partition coefficient (Wildman–Crippen LogP) is 1.62. The van der Waals surface area contributed by atoms with Gasteiger partial charge in [0, 0.05) is 4.75 Å². The number of carbonyl (C=O) groups excluding carboxylic acids is 2. The van der Waals surface area contributed by atoms with Gasteiger partial charge in [0.15, 0.2) is 6.61 Å². The molecule has 5 heteroatoms. The Morgan fingerprint density at radius 3 is 2.20 bits per heavy atom. The second-order valence-corrected chi connectivity index (χ2v) is 5.67. The number of esters is 2. The molecule has 15 heavy (non-hydrogen) atoms. The van der Waals surface area contributed by atoms with Crippen molar-refractivity contribution in [2.75, 3.05) is 19.0 Å². The number of rotatable bonds is 5. The smallest absolute Gasteiger partial charge is 0.344 e. The average Bonchev–Trinajstić information content (AvgIpc) is 2.11. The van der Waals surface area contributed by atoms with E-state index in [4.69, 9.17) is 4.74 Å². The standard InChI is InChI=1S/C10H18O4S/c1-5-13-8(11)6-14-9(12)7-15-10(2,3)4/h5-7H2,1-4H3. The highest BCUT2D eigenvalue weighted by Gasteiger charge is 2.15. The molecule has 0 unspecified atom stereocenters. The maximum atomic E-state index is 11.1. The van der Waals surface area contributed by atoms with Crippen LogP contribution in [0.1, 0.15) is 27.7 Å². The van der Waals surface area contributed by atoms with Crippen molar-refractivity contribution in [2.24, 2.45) is 0 Å². The van der Waals surface area contributed by atoms with Crippen molar-refractivity contribution in [1.82, 2.24) is 0 Å². The van der Waals surface area contributed by atoms with Crippen LogP contribution in [0.2, 0.25) is 0 Å². The minimum Gasteiger partial charge on any atom is -0.463 e. The zero-order chi connectivity index (χ0) is 11.9. The predicted molar refractivity (Wildman–Crippen MR) is 59.8 cm³/mol. The van der Waals surface area contributed by atoms with Gasteiger partial charge in [-0.05, 0) is 6.92 Å². The molecule has 0 aromatic heterocycles. The highest BCUT2D eigenvalue weighted by molar-refractivity contribution is 8.01. The van der Waals surface area contributed by atoms with E-state index in [2.05, 4.69) is 4.74 Å². The van der Waals surface area contributed by atoms with E-state index in [0.717, 1.165) is 0 Å². The Labute approximate surface area is 94.7 Å². The van der Waals surface area contributed by atoms with Crippen molar-refractivity contribution >= 4 is 23.7 Å². The lowest BCUT2D eigenvalue weighted by Crippen LogP contribution is -2.19. The van der Waals surface area contributed by atoms with Gasteiger partial charge >= 0.3 is 11.9 Å². The van der Waals surface area contributed by atoms with Crippen LogP contribution in [0.25, 0.3) is 0 Å². The normalized spacial score (nSPS) is 10.9. The molecule has 0 aliphatic heterocycles. The molecule has 0 fully saturated rings. The van der Waals surface area contributed by atoms with Gasteiger partial charge in [0.1, 0.15) is 0 Å². The number of hydrogen-bond donors (Lipinski definition) is 0. The van der Waals surface area contributed by atoms with E-state index in [9.17, 15) is 9.59 Å². The van der Waals surface area contributed by atoms with Gasteiger partial charge in [-0.1, -0.05) is 20.8 Å². The lowest BCUT2D eigenvalue weighted by atomic mass is 10.3. The number of hydrogen-bond acceptors (Lipinski definition) is 5. The van der Waals surface area contributed by atoms with Crippen molar-refractivity contribution in [3.8, 4) is 0 Å². The number of carbonyl (C=O) groups is 2. The van der Waals surface area contributed by atoms with E-state index >= 15 is 0 Å². The Balaban J connectivity index is 3.62. The van der Waals surface area contributed by atoms with Gasteiger partial charge in [-0.15, -0.1) is 11.8 Å². The third-order valence-corrected chi connectivity index (χ3v) is 2.53. The molecule has 0 aromatic carbocycles. The molecule has 0 bridgehead atoms. The summed E-state index contributed by atoms with van der Waals surface area (Å²) in [6.45, 7) is 7.74. The Bertz CT molecular complexity index is 220. The summed E-state index contributed by atoms with van der Waals surface area (Å²) in [5.74, 6) is -0.641.